The smallest absolute Gasteiger partial charge is 0.326 e. The van der Waals surface area contributed by atoms with Gasteiger partial charge in [-0.3, -0.25) is 9.59 Å². The number of hydrogen-bond donors (Lipinski definition) is 2. The monoisotopic (exact) mass is 276 g/mol. The summed E-state index contributed by atoms with van der Waals surface area (Å²) < 4.78 is 5.07. The van der Waals surface area contributed by atoms with E-state index in [2.05, 4.69) is 5.32 Å². The Hall–Kier alpha value is -0.750. The molecule has 0 fully saturated rings. The summed E-state index contributed by atoms with van der Waals surface area (Å²) >= 11 is 1.49. The fourth-order valence-corrected chi connectivity index (χ4v) is 2.34. The van der Waals surface area contributed by atoms with Crippen molar-refractivity contribution in [2.45, 2.75) is 39.2 Å². The van der Waals surface area contributed by atoms with Crippen LogP contribution in [0.25, 0.3) is 0 Å². The van der Waals surface area contributed by atoms with E-state index in [1.54, 1.807) is 6.92 Å². The third-order valence-electron chi connectivity index (χ3n) is 2.50. The Labute approximate surface area is 113 Å². The minimum Gasteiger partial charge on any atom is -0.465 e. The molecule has 0 aliphatic heterocycles. The first kappa shape index (κ1) is 17.2. The number of carbonyl (C=O) groups is 2. The highest BCUT2D eigenvalue weighted by atomic mass is 32.2. The van der Waals surface area contributed by atoms with Gasteiger partial charge in [-0.2, -0.15) is 11.8 Å². The van der Waals surface area contributed by atoms with Gasteiger partial charge >= 0.3 is 5.97 Å². The molecule has 0 bridgehead atoms. The molecule has 1 atom stereocenters. The zero-order valence-corrected chi connectivity index (χ0v) is 12.3. The summed E-state index contributed by atoms with van der Waals surface area (Å²) in [5.74, 6) is 0.618. The van der Waals surface area contributed by atoms with Crippen molar-refractivity contribution in [2.75, 3.05) is 24.7 Å². The van der Waals surface area contributed by atoms with Crippen LogP contribution in [-0.2, 0) is 14.3 Å². The predicted molar refractivity (Wildman–Crippen MR) is 74.5 cm³/mol. The lowest BCUT2D eigenvalue weighted by Crippen LogP contribution is -2.50. The molecule has 0 aliphatic carbocycles. The first-order valence-corrected chi connectivity index (χ1v) is 7.40. The van der Waals surface area contributed by atoms with Crippen LogP contribution in [0.15, 0.2) is 0 Å². The molecule has 106 valence electrons. The molecule has 1 amide bonds. The number of rotatable bonds is 10. The SMILES string of the molecule is CCNC(C)(CCCSCC(N)=O)C(=O)OCC. The van der Waals surface area contributed by atoms with Gasteiger partial charge in [-0.1, -0.05) is 6.92 Å². The van der Waals surface area contributed by atoms with Crippen LogP contribution in [-0.4, -0.2) is 42.1 Å². The molecule has 6 heteroatoms. The van der Waals surface area contributed by atoms with Gasteiger partial charge in [0.1, 0.15) is 5.54 Å². The molecular formula is C12H24N2O3S. The second-order valence-electron chi connectivity index (χ2n) is 4.21. The van der Waals surface area contributed by atoms with Crippen molar-refractivity contribution in [1.29, 1.82) is 0 Å². The summed E-state index contributed by atoms with van der Waals surface area (Å²) in [5, 5.41) is 3.17. The fourth-order valence-electron chi connectivity index (χ4n) is 1.64. The second kappa shape index (κ2) is 9.22. The van der Waals surface area contributed by atoms with Crippen molar-refractivity contribution in [3.8, 4) is 0 Å². The molecule has 5 nitrogen and oxygen atoms in total. The van der Waals surface area contributed by atoms with Crippen molar-refractivity contribution < 1.29 is 14.3 Å². The molecule has 1 unspecified atom stereocenters. The van der Waals surface area contributed by atoms with E-state index in [0.29, 0.717) is 25.3 Å². The summed E-state index contributed by atoms with van der Waals surface area (Å²) in [6.07, 6.45) is 1.52. The standard InChI is InChI=1S/C12H24N2O3S/c1-4-14-12(3,11(16)17-5-2)7-6-8-18-9-10(13)15/h14H,4-9H2,1-3H3,(H2,13,15). The zero-order valence-electron chi connectivity index (χ0n) is 11.5. The van der Waals surface area contributed by atoms with E-state index in [1.165, 1.54) is 11.8 Å². The van der Waals surface area contributed by atoms with Crippen LogP contribution < -0.4 is 11.1 Å². The minimum absolute atomic E-state index is 0.216. The van der Waals surface area contributed by atoms with Crippen molar-refractivity contribution in [2.24, 2.45) is 5.73 Å². The van der Waals surface area contributed by atoms with Gasteiger partial charge in [0, 0.05) is 0 Å². The minimum atomic E-state index is -0.641. The van der Waals surface area contributed by atoms with Gasteiger partial charge in [0.15, 0.2) is 0 Å². The number of amides is 1. The first-order chi connectivity index (χ1) is 8.46. The molecule has 0 aromatic carbocycles. The number of primary amides is 1. The normalized spacial score (nSPS) is 13.9. The third kappa shape index (κ3) is 6.86. The van der Waals surface area contributed by atoms with E-state index < -0.39 is 5.54 Å². The molecule has 0 heterocycles. The van der Waals surface area contributed by atoms with E-state index in [4.69, 9.17) is 10.5 Å². The maximum Gasteiger partial charge on any atom is 0.326 e. The Bertz CT molecular complexity index is 274. The average Bonchev–Trinajstić information content (AvgIpc) is 2.28. The van der Waals surface area contributed by atoms with Crippen LogP contribution in [0.4, 0.5) is 0 Å². The molecule has 0 radical (unpaired) electrons. The molecular weight excluding hydrogens is 252 g/mol. The van der Waals surface area contributed by atoms with Crippen molar-refractivity contribution >= 4 is 23.6 Å². The van der Waals surface area contributed by atoms with Crippen molar-refractivity contribution in [3.05, 3.63) is 0 Å². The summed E-state index contributed by atoms with van der Waals surface area (Å²) in [6, 6.07) is 0. The van der Waals surface area contributed by atoms with Crippen LogP contribution in [0.3, 0.4) is 0 Å². The van der Waals surface area contributed by atoms with Crippen LogP contribution in [0.1, 0.15) is 33.6 Å². The maximum absolute atomic E-state index is 11.9. The lowest BCUT2D eigenvalue weighted by Gasteiger charge is -2.28. The highest BCUT2D eigenvalue weighted by Crippen LogP contribution is 2.17. The average molecular weight is 276 g/mol. The number of hydrogen-bond acceptors (Lipinski definition) is 5. The van der Waals surface area contributed by atoms with E-state index in [-0.39, 0.29) is 11.9 Å². The van der Waals surface area contributed by atoms with Gasteiger partial charge in [0.05, 0.1) is 12.4 Å². The second-order valence-corrected chi connectivity index (χ2v) is 5.31. The third-order valence-corrected chi connectivity index (χ3v) is 3.57. The van der Waals surface area contributed by atoms with Gasteiger partial charge in [-0.05, 0) is 39.0 Å². The molecule has 0 aliphatic rings. The Morgan fingerprint density at radius 1 is 1.39 bits per heavy atom. The lowest BCUT2D eigenvalue weighted by molar-refractivity contribution is -0.150. The Kier molecular flexibility index (Phi) is 8.83. The topological polar surface area (TPSA) is 81.4 Å². The van der Waals surface area contributed by atoms with Crippen molar-refractivity contribution in [3.63, 3.8) is 0 Å². The molecule has 0 saturated carbocycles. The molecule has 0 aromatic heterocycles. The van der Waals surface area contributed by atoms with Crippen LogP contribution >= 0.6 is 11.8 Å². The van der Waals surface area contributed by atoms with Gasteiger partial charge in [0.2, 0.25) is 5.91 Å². The number of esters is 1. The van der Waals surface area contributed by atoms with Gasteiger partial charge in [0.25, 0.3) is 0 Å². The quantitative estimate of drug-likeness (QED) is 0.458. The zero-order chi connectivity index (χ0) is 14.0. The molecule has 0 saturated heterocycles. The number of nitrogens with one attached hydrogen (secondary N) is 1. The Morgan fingerprint density at radius 2 is 2.06 bits per heavy atom. The Balaban J connectivity index is 4.09. The molecule has 0 aromatic rings. The van der Waals surface area contributed by atoms with Gasteiger partial charge in [-0.15, -0.1) is 0 Å². The summed E-state index contributed by atoms with van der Waals surface area (Å²) in [7, 11) is 0. The largest absolute Gasteiger partial charge is 0.465 e. The Morgan fingerprint density at radius 3 is 2.56 bits per heavy atom. The summed E-state index contributed by atoms with van der Waals surface area (Å²) in [5.41, 5.74) is 4.41. The predicted octanol–water partition coefficient (Wildman–Crippen LogP) is 0.916. The summed E-state index contributed by atoms with van der Waals surface area (Å²) in [4.78, 5) is 22.4. The summed E-state index contributed by atoms with van der Waals surface area (Å²) in [6.45, 7) is 6.71. The van der Waals surface area contributed by atoms with E-state index in [9.17, 15) is 9.59 Å². The number of ether oxygens (including phenoxy) is 1. The number of thioether (sulfide) groups is 1. The van der Waals surface area contributed by atoms with Crippen LogP contribution in [0.2, 0.25) is 0 Å². The first-order valence-electron chi connectivity index (χ1n) is 6.24. The number of nitrogens with two attached hydrogens (primary N) is 1. The van der Waals surface area contributed by atoms with E-state index >= 15 is 0 Å². The number of likely N-dealkylation sites (N-methyl/N-ethyl adjacent to an activating group) is 1. The molecule has 0 spiro atoms. The maximum atomic E-state index is 11.9. The van der Waals surface area contributed by atoms with Gasteiger partial charge < -0.3 is 15.8 Å². The lowest BCUT2D eigenvalue weighted by atomic mass is 9.96. The van der Waals surface area contributed by atoms with Crippen LogP contribution in [0, 0.1) is 0 Å². The highest BCUT2D eigenvalue weighted by molar-refractivity contribution is 7.99. The fraction of sp³-hybridized carbons (Fsp3) is 0.833. The number of carbonyl (C=O) groups excluding carboxylic acids is 2. The van der Waals surface area contributed by atoms with Gasteiger partial charge in [-0.25, -0.2) is 0 Å². The molecule has 0 rings (SSSR count). The highest BCUT2D eigenvalue weighted by Gasteiger charge is 2.32. The van der Waals surface area contributed by atoms with Crippen LogP contribution in [0.5, 0.6) is 0 Å². The molecule has 18 heavy (non-hydrogen) atoms. The van der Waals surface area contributed by atoms with Crippen molar-refractivity contribution in [1.82, 2.24) is 5.32 Å². The molecule has 3 N–H and O–H groups in total. The van der Waals surface area contributed by atoms with E-state index in [0.717, 1.165) is 12.2 Å². The van der Waals surface area contributed by atoms with E-state index in [1.807, 2.05) is 13.8 Å².